The van der Waals surface area contributed by atoms with Crippen LogP contribution in [0.4, 0.5) is 5.82 Å². The first-order chi connectivity index (χ1) is 12.2. The number of primary amides is 1. The summed E-state index contributed by atoms with van der Waals surface area (Å²) in [6.07, 6.45) is 5.48. The molecule has 1 fully saturated rings. The molecule has 3 aromatic rings. The number of hydrogen-bond donors (Lipinski definition) is 2. The summed E-state index contributed by atoms with van der Waals surface area (Å²) in [5.41, 5.74) is 5.95. The van der Waals surface area contributed by atoms with Gasteiger partial charge in [-0.25, -0.2) is 9.97 Å². The molecule has 0 saturated heterocycles. The molecule has 3 heterocycles. The van der Waals surface area contributed by atoms with Crippen molar-refractivity contribution in [2.24, 2.45) is 11.1 Å². The van der Waals surface area contributed by atoms with Crippen molar-refractivity contribution < 1.29 is 4.79 Å². The number of aromatic nitrogens is 3. The average Bonchev–Trinajstić information content (AvgIpc) is 3.30. The highest BCUT2D eigenvalue weighted by atomic mass is 32.1. The van der Waals surface area contributed by atoms with Crippen LogP contribution >= 0.6 is 11.3 Å². The lowest BCUT2D eigenvalue weighted by molar-refractivity contribution is -0.126. The number of nitrogens with one attached hydrogen (secondary N) is 1. The number of thiophene rings is 1. The van der Waals surface area contributed by atoms with Crippen molar-refractivity contribution >= 4 is 33.3 Å². The summed E-state index contributed by atoms with van der Waals surface area (Å²) in [6.45, 7) is 0.506. The van der Waals surface area contributed by atoms with Gasteiger partial charge in [0.1, 0.15) is 16.3 Å². The number of hydrogen-bond acceptors (Lipinski definition) is 6. The minimum atomic E-state index is -0.474. The summed E-state index contributed by atoms with van der Waals surface area (Å²) in [5.74, 6) is 1.09. The van der Waals surface area contributed by atoms with Crippen LogP contribution in [0.1, 0.15) is 25.7 Å². The molecule has 4 rings (SSSR count). The Kier molecular flexibility index (Phi) is 4.09. The van der Waals surface area contributed by atoms with Crippen molar-refractivity contribution in [2.75, 3.05) is 11.9 Å². The molecule has 0 atom stereocenters. The number of pyridine rings is 1. The van der Waals surface area contributed by atoms with Crippen molar-refractivity contribution in [3.8, 4) is 11.5 Å². The zero-order chi connectivity index (χ0) is 17.3. The zero-order valence-corrected chi connectivity index (χ0v) is 14.6. The predicted molar refractivity (Wildman–Crippen MR) is 99.2 cm³/mol. The SMILES string of the molecule is NC(=O)C1(CNc2nc(-c3ccccn3)nc3sccc23)CCCC1. The van der Waals surface area contributed by atoms with Crippen LogP contribution in [-0.4, -0.2) is 27.4 Å². The molecular formula is C18H19N5OS. The third-order valence-electron chi connectivity index (χ3n) is 4.90. The van der Waals surface area contributed by atoms with Gasteiger partial charge in [-0.05, 0) is 36.4 Å². The first-order valence-corrected chi connectivity index (χ1v) is 9.26. The van der Waals surface area contributed by atoms with Crippen LogP contribution in [0.3, 0.4) is 0 Å². The Hall–Kier alpha value is -2.54. The molecule has 0 aliphatic heterocycles. The van der Waals surface area contributed by atoms with Crippen molar-refractivity contribution in [1.29, 1.82) is 0 Å². The van der Waals surface area contributed by atoms with E-state index in [-0.39, 0.29) is 5.91 Å². The molecule has 7 heteroatoms. The highest BCUT2D eigenvalue weighted by Crippen LogP contribution is 2.38. The Balaban J connectivity index is 1.69. The van der Waals surface area contributed by atoms with E-state index in [0.29, 0.717) is 12.4 Å². The number of carbonyl (C=O) groups excluding carboxylic acids is 1. The van der Waals surface area contributed by atoms with Gasteiger partial charge in [0, 0.05) is 12.7 Å². The fourth-order valence-electron chi connectivity index (χ4n) is 3.41. The van der Waals surface area contributed by atoms with E-state index >= 15 is 0 Å². The first-order valence-electron chi connectivity index (χ1n) is 8.38. The molecular weight excluding hydrogens is 334 g/mol. The van der Waals surface area contributed by atoms with Crippen LogP contribution in [0.15, 0.2) is 35.8 Å². The fourth-order valence-corrected chi connectivity index (χ4v) is 4.18. The second-order valence-corrected chi connectivity index (χ2v) is 7.35. The maximum absolute atomic E-state index is 12.0. The second kappa shape index (κ2) is 6.40. The van der Waals surface area contributed by atoms with Crippen molar-refractivity contribution in [2.45, 2.75) is 25.7 Å². The van der Waals surface area contributed by atoms with E-state index in [1.807, 2.05) is 29.6 Å². The Morgan fingerprint density at radius 3 is 2.80 bits per heavy atom. The van der Waals surface area contributed by atoms with E-state index in [9.17, 15) is 4.79 Å². The van der Waals surface area contributed by atoms with Gasteiger partial charge in [-0.3, -0.25) is 9.78 Å². The summed E-state index contributed by atoms with van der Waals surface area (Å²) in [4.78, 5) is 26.5. The summed E-state index contributed by atoms with van der Waals surface area (Å²) in [7, 11) is 0. The third-order valence-corrected chi connectivity index (χ3v) is 5.70. The van der Waals surface area contributed by atoms with Gasteiger partial charge in [0.2, 0.25) is 5.91 Å². The lowest BCUT2D eigenvalue weighted by atomic mass is 9.85. The van der Waals surface area contributed by atoms with Crippen LogP contribution in [0.5, 0.6) is 0 Å². The summed E-state index contributed by atoms with van der Waals surface area (Å²) in [6, 6.07) is 7.66. The highest BCUT2D eigenvalue weighted by molar-refractivity contribution is 7.16. The average molecular weight is 353 g/mol. The van der Waals surface area contributed by atoms with E-state index < -0.39 is 5.41 Å². The van der Waals surface area contributed by atoms with Crippen molar-refractivity contribution in [3.63, 3.8) is 0 Å². The topological polar surface area (TPSA) is 93.8 Å². The lowest BCUT2D eigenvalue weighted by Gasteiger charge is -2.25. The molecule has 0 unspecified atom stereocenters. The normalized spacial score (nSPS) is 16.2. The number of fused-ring (bicyclic) bond motifs is 1. The van der Waals surface area contributed by atoms with Crippen molar-refractivity contribution in [3.05, 3.63) is 35.8 Å². The minimum Gasteiger partial charge on any atom is -0.369 e. The second-order valence-electron chi connectivity index (χ2n) is 6.46. The number of nitrogens with zero attached hydrogens (tertiary/aromatic N) is 3. The number of rotatable bonds is 5. The third kappa shape index (κ3) is 2.95. The fraction of sp³-hybridized carbons (Fsp3) is 0.333. The summed E-state index contributed by atoms with van der Waals surface area (Å²) < 4.78 is 0. The Labute approximate surface area is 149 Å². The Morgan fingerprint density at radius 2 is 2.08 bits per heavy atom. The van der Waals surface area contributed by atoms with Crippen LogP contribution in [0, 0.1) is 5.41 Å². The summed E-state index contributed by atoms with van der Waals surface area (Å²) >= 11 is 1.56. The van der Waals surface area contributed by atoms with Gasteiger partial charge in [-0.2, -0.15) is 0 Å². The molecule has 0 bridgehead atoms. The number of amides is 1. The van der Waals surface area contributed by atoms with Gasteiger partial charge in [0.15, 0.2) is 5.82 Å². The van der Waals surface area contributed by atoms with E-state index in [2.05, 4.69) is 20.3 Å². The number of anilines is 1. The van der Waals surface area contributed by atoms with Gasteiger partial charge in [-0.15, -0.1) is 11.3 Å². The molecule has 6 nitrogen and oxygen atoms in total. The quantitative estimate of drug-likeness (QED) is 0.734. The Morgan fingerprint density at radius 1 is 1.24 bits per heavy atom. The van der Waals surface area contributed by atoms with Crippen LogP contribution in [0.2, 0.25) is 0 Å². The van der Waals surface area contributed by atoms with Gasteiger partial charge in [-0.1, -0.05) is 18.9 Å². The van der Waals surface area contributed by atoms with E-state index in [1.54, 1.807) is 17.5 Å². The maximum atomic E-state index is 12.0. The monoisotopic (exact) mass is 353 g/mol. The molecule has 128 valence electrons. The Bertz CT molecular complexity index is 902. The molecule has 25 heavy (non-hydrogen) atoms. The smallest absolute Gasteiger partial charge is 0.225 e. The molecule has 1 aliphatic rings. The predicted octanol–water partition coefficient (Wildman–Crippen LogP) is 3.21. The molecule has 0 radical (unpaired) electrons. The molecule has 0 spiro atoms. The molecule has 1 saturated carbocycles. The minimum absolute atomic E-state index is 0.224. The number of nitrogens with two attached hydrogens (primary N) is 1. The summed E-state index contributed by atoms with van der Waals surface area (Å²) in [5, 5.41) is 6.33. The standard InChI is InChI=1S/C18H19N5OS/c19-17(24)18(7-2-3-8-18)11-21-14-12-6-10-25-16(12)23-15(22-14)13-5-1-4-9-20-13/h1,4-6,9-10H,2-3,7-8,11H2,(H2,19,24)(H,21,22,23). The first kappa shape index (κ1) is 16.0. The number of carbonyl (C=O) groups is 1. The highest BCUT2D eigenvalue weighted by Gasteiger charge is 2.39. The lowest BCUT2D eigenvalue weighted by Crippen LogP contribution is -2.40. The van der Waals surface area contributed by atoms with Gasteiger partial charge < -0.3 is 11.1 Å². The van der Waals surface area contributed by atoms with Gasteiger partial charge >= 0.3 is 0 Å². The molecule has 3 aromatic heterocycles. The van der Waals surface area contributed by atoms with Gasteiger partial charge in [0.05, 0.1) is 10.8 Å². The van der Waals surface area contributed by atoms with Crippen molar-refractivity contribution in [1.82, 2.24) is 15.0 Å². The van der Waals surface area contributed by atoms with E-state index in [1.165, 1.54) is 0 Å². The molecule has 1 aliphatic carbocycles. The largest absolute Gasteiger partial charge is 0.369 e. The van der Waals surface area contributed by atoms with Crippen LogP contribution in [-0.2, 0) is 4.79 Å². The van der Waals surface area contributed by atoms with Gasteiger partial charge in [0.25, 0.3) is 0 Å². The van der Waals surface area contributed by atoms with Crippen LogP contribution < -0.4 is 11.1 Å². The molecule has 1 amide bonds. The molecule has 0 aromatic carbocycles. The van der Waals surface area contributed by atoms with E-state index in [0.717, 1.165) is 47.4 Å². The molecule has 3 N–H and O–H groups in total. The van der Waals surface area contributed by atoms with Crippen LogP contribution in [0.25, 0.3) is 21.7 Å². The zero-order valence-electron chi connectivity index (χ0n) is 13.7. The maximum Gasteiger partial charge on any atom is 0.225 e. The van der Waals surface area contributed by atoms with E-state index in [4.69, 9.17) is 5.73 Å².